The zero-order chi connectivity index (χ0) is 18.9. The topological polar surface area (TPSA) is 67.1 Å². The lowest BCUT2D eigenvalue weighted by molar-refractivity contribution is 0.686. The van der Waals surface area contributed by atoms with E-state index < -0.39 is 0 Å². The van der Waals surface area contributed by atoms with Crippen LogP contribution in [0.25, 0.3) is 0 Å². The summed E-state index contributed by atoms with van der Waals surface area (Å²) in [7, 11) is 0. The van der Waals surface area contributed by atoms with Crippen LogP contribution in [-0.4, -0.2) is 27.3 Å². The molecule has 8 heteroatoms. The number of benzene rings is 1. The second kappa shape index (κ2) is 11.8. The third-order valence-corrected chi connectivity index (χ3v) is 5.16. The molecule has 3 rings (SSSR count). The molecule has 2 heterocycles. The van der Waals surface area contributed by atoms with Crippen molar-refractivity contribution >= 4 is 41.3 Å². The van der Waals surface area contributed by atoms with E-state index in [-0.39, 0.29) is 24.0 Å². The van der Waals surface area contributed by atoms with Crippen LogP contribution in [0.2, 0.25) is 0 Å². The number of nitrogens with one attached hydrogen (secondary N) is 2. The van der Waals surface area contributed by atoms with Gasteiger partial charge in [0.2, 0.25) is 0 Å². The first-order valence-electron chi connectivity index (χ1n) is 9.27. The van der Waals surface area contributed by atoms with Crippen LogP contribution in [0.15, 0.2) is 53.9 Å². The minimum Gasteiger partial charge on any atom is -0.357 e. The first-order valence-corrected chi connectivity index (χ1v) is 10.1. The molecule has 0 aliphatic carbocycles. The van der Waals surface area contributed by atoms with E-state index in [0.717, 1.165) is 30.5 Å². The molecule has 0 fully saturated rings. The van der Waals surface area contributed by atoms with Crippen molar-refractivity contribution in [1.29, 1.82) is 0 Å². The molecule has 0 aliphatic rings. The summed E-state index contributed by atoms with van der Waals surface area (Å²) in [6, 6.07) is 10.4. The maximum atomic E-state index is 4.71. The van der Waals surface area contributed by atoms with E-state index in [4.69, 9.17) is 4.99 Å². The molecule has 0 aliphatic heterocycles. The first kappa shape index (κ1) is 22.4. The number of halogens is 1. The molecule has 0 unspecified atom stereocenters. The van der Waals surface area contributed by atoms with Gasteiger partial charge in [-0.2, -0.15) is 5.10 Å². The number of nitrogens with zero attached hydrogens (tertiary/aromatic N) is 4. The standard InChI is InChI=1S/C20H26N6S.HI/c1-3-18-13-22-19(27-18)14-24-20(21-4-2)23-12-16-7-5-8-17(11-16)15-26-10-6-9-25-26;/h5-11,13H,3-4,12,14-15H2,1-2H3,(H2,21,23,24);1H. The predicted octanol–water partition coefficient (Wildman–Crippen LogP) is 3.82. The van der Waals surface area contributed by atoms with Gasteiger partial charge in [0, 0.05) is 30.0 Å². The number of rotatable bonds is 8. The summed E-state index contributed by atoms with van der Waals surface area (Å²) >= 11 is 1.75. The average molecular weight is 510 g/mol. The van der Waals surface area contributed by atoms with E-state index >= 15 is 0 Å². The van der Waals surface area contributed by atoms with Crippen molar-refractivity contribution in [2.24, 2.45) is 4.99 Å². The zero-order valence-electron chi connectivity index (χ0n) is 16.3. The molecule has 0 saturated carbocycles. The number of thiazole rings is 1. The van der Waals surface area contributed by atoms with Gasteiger partial charge < -0.3 is 10.6 Å². The van der Waals surface area contributed by atoms with Gasteiger partial charge in [-0.3, -0.25) is 4.68 Å². The molecule has 28 heavy (non-hydrogen) atoms. The van der Waals surface area contributed by atoms with E-state index in [1.165, 1.54) is 16.0 Å². The highest BCUT2D eigenvalue weighted by molar-refractivity contribution is 14.0. The molecule has 2 N–H and O–H groups in total. The van der Waals surface area contributed by atoms with Crippen molar-refractivity contribution in [1.82, 2.24) is 25.4 Å². The largest absolute Gasteiger partial charge is 0.357 e. The number of hydrogen-bond donors (Lipinski definition) is 2. The van der Waals surface area contributed by atoms with Crippen molar-refractivity contribution in [3.63, 3.8) is 0 Å². The quantitative estimate of drug-likeness (QED) is 0.275. The van der Waals surface area contributed by atoms with Gasteiger partial charge in [-0.25, -0.2) is 9.98 Å². The summed E-state index contributed by atoms with van der Waals surface area (Å²) in [4.78, 5) is 10.5. The Morgan fingerprint density at radius 1 is 1.18 bits per heavy atom. The Morgan fingerprint density at radius 2 is 2.04 bits per heavy atom. The Bertz CT molecular complexity index is 859. The normalized spacial score (nSPS) is 11.1. The SMILES string of the molecule is CCNC(=NCc1cccc(Cn2cccn2)c1)NCc1ncc(CC)s1.I. The summed E-state index contributed by atoms with van der Waals surface area (Å²) in [6.45, 7) is 7.13. The third kappa shape index (κ3) is 6.90. The summed E-state index contributed by atoms with van der Waals surface area (Å²) in [6.07, 6.45) is 6.76. The molecule has 2 aromatic heterocycles. The van der Waals surface area contributed by atoms with E-state index in [0.29, 0.717) is 13.1 Å². The van der Waals surface area contributed by atoms with Crippen molar-refractivity contribution in [2.45, 2.75) is 39.9 Å². The van der Waals surface area contributed by atoms with Crippen LogP contribution in [-0.2, 0) is 26.1 Å². The van der Waals surface area contributed by atoms with Gasteiger partial charge in [0.05, 0.1) is 19.6 Å². The first-order chi connectivity index (χ1) is 13.3. The molecule has 0 saturated heterocycles. The molecule has 150 valence electrons. The molecular weight excluding hydrogens is 483 g/mol. The number of aliphatic imine (C=N–C) groups is 1. The predicted molar refractivity (Wildman–Crippen MR) is 126 cm³/mol. The molecule has 0 spiro atoms. The number of aromatic nitrogens is 3. The van der Waals surface area contributed by atoms with Crippen LogP contribution in [0.1, 0.15) is 34.9 Å². The third-order valence-electron chi connectivity index (χ3n) is 4.02. The lowest BCUT2D eigenvalue weighted by atomic mass is 10.1. The Balaban J connectivity index is 0.00000280. The van der Waals surface area contributed by atoms with E-state index in [9.17, 15) is 0 Å². The van der Waals surface area contributed by atoms with Gasteiger partial charge in [0.15, 0.2) is 5.96 Å². The van der Waals surface area contributed by atoms with Gasteiger partial charge in [0.25, 0.3) is 0 Å². The van der Waals surface area contributed by atoms with Gasteiger partial charge >= 0.3 is 0 Å². The van der Waals surface area contributed by atoms with Crippen LogP contribution in [0.5, 0.6) is 0 Å². The second-order valence-electron chi connectivity index (χ2n) is 6.15. The van der Waals surface area contributed by atoms with Crippen LogP contribution >= 0.6 is 35.3 Å². The van der Waals surface area contributed by atoms with Crippen molar-refractivity contribution < 1.29 is 0 Å². The molecule has 0 bridgehead atoms. The molecule has 3 aromatic rings. The van der Waals surface area contributed by atoms with Crippen LogP contribution in [0, 0.1) is 0 Å². The monoisotopic (exact) mass is 510 g/mol. The fraction of sp³-hybridized carbons (Fsp3) is 0.350. The molecule has 0 atom stereocenters. The van der Waals surface area contributed by atoms with Crippen molar-refractivity contribution in [3.05, 3.63) is 69.9 Å². The fourth-order valence-corrected chi connectivity index (χ4v) is 3.47. The minimum atomic E-state index is 0. The Hall–Kier alpha value is -1.94. The molecular formula is C20H27IN6S. The highest BCUT2D eigenvalue weighted by atomic mass is 127. The molecule has 1 aromatic carbocycles. The highest BCUT2D eigenvalue weighted by Gasteiger charge is 2.03. The average Bonchev–Trinajstić information content (AvgIpc) is 3.36. The Labute approximate surface area is 187 Å². The Kier molecular flexibility index (Phi) is 9.42. The number of hydrogen-bond acceptors (Lipinski definition) is 4. The van der Waals surface area contributed by atoms with Crippen LogP contribution in [0.4, 0.5) is 0 Å². The lowest BCUT2D eigenvalue weighted by Crippen LogP contribution is -2.36. The summed E-state index contributed by atoms with van der Waals surface area (Å²) in [5.74, 6) is 0.809. The second-order valence-corrected chi connectivity index (χ2v) is 7.35. The summed E-state index contributed by atoms with van der Waals surface area (Å²) in [5, 5.41) is 12.0. The van der Waals surface area contributed by atoms with E-state index in [2.05, 4.69) is 58.8 Å². The zero-order valence-corrected chi connectivity index (χ0v) is 19.4. The Morgan fingerprint density at radius 3 is 2.75 bits per heavy atom. The van der Waals surface area contributed by atoms with E-state index in [1.54, 1.807) is 17.5 Å². The summed E-state index contributed by atoms with van der Waals surface area (Å²) in [5.41, 5.74) is 2.40. The molecule has 0 amide bonds. The highest BCUT2D eigenvalue weighted by Crippen LogP contribution is 2.13. The lowest BCUT2D eigenvalue weighted by Gasteiger charge is -2.10. The maximum Gasteiger partial charge on any atom is 0.191 e. The van der Waals surface area contributed by atoms with Crippen molar-refractivity contribution in [2.75, 3.05) is 6.54 Å². The van der Waals surface area contributed by atoms with E-state index in [1.807, 2.05) is 23.1 Å². The van der Waals surface area contributed by atoms with Crippen molar-refractivity contribution in [3.8, 4) is 0 Å². The van der Waals surface area contributed by atoms with Gasteiger partial charge in [-0.05, 0) is 30.5 Å². The van der Waals surface area contributed by atoms with Crippen LogP contribution in [0.3, 0.4) is 0 Å². The number of guanidine groups is 1. The number of aryl methyl sites for hydroxylation is 1. The maximum absolute atomic E-state index is 4.71. The minimum absolute atomic E-state index is 0. The molecule has 6 nitrogen and oxygen atoms in total. The van der Waals surface area contributed by atoms with Gasteiger partial charge in [0.1, 0.15) is 5.01 Å². The smallest absolute Gasteiger partial charge is 0.191 e. The summed E-state index contributed by atoms with van der Waals surface area (Å²) < 4.78 is 1.92. The van der Waals surface area contributed by atoms with Crippen LogP contribution < -0.4 is 10.6 Å². The molecule has 0 radical (unpaired) electrons. The fourth-order valence-electron chi connectivity index (χ4n) is 2.67. The van der Waals surface area contributed by atoms with Gasteiger partial charge in [-0.1, -0.05) is 31.2 Å². The van der Waals surface area contributed by atoms with Gasteiger partial charge in [-0.15, -0.1) is 35.3 Å².